The normalized spacial score (nSPS) is 29.8. The van der Waals surface area contributed by atoms with Crippen LogP contribution in [0.2, 0.25) is 0 Å². The van der Waals surface area contributed by atoms with Gasteiger partial charge in [0.25, 0.3) is 0 Å². The molecule has 0 N–H and O–H groups in total. The summed E-state index contributed by atoms with van der Waals surface area (Å²) in [6, 6.07) is 13.3. The highest BCUT2D eigenvalue weighted by molar-refractivity contribution is 6.24. The molecule has 1 aliphatic heterocycles. The number of fused-ring (bicyclic) bond motifs is 1. The summed E-state index contributed by atoms with van der Waals surface area (Å²) in [5, 5.41) is 0. The minimum Gasteiger partial charge on any atom is -0.299 e. The molecule has 3 aliphatic carbocycles. The van der Waals surface area contributed by atoms with Gasteiger partial charge >= 0.3 is 0 Å². The van der Waals surface area contributed by atoms with Crippen LogP contribution < -0.4 is 4.90 Å². The minimum absolute atomic E-state index is 0.00137. The number of rotatable bonds is 1. The molecule has 25 heavy (non-hydrogen) atoms. The summed E-state index contributed by atoms with van der Waals surface area (Å²) in [4.78, 5) is 39.6. The molecule has 1 saturated heterocycles. The third-order valence-corrected chi connectivity index (χ3v) is 5.78. The van der Waals surface area contributed by atoms with Gasteiger partial charge in [-0.05, 0) is 23.3 Å². The predicted molar refractivity (Wildman–Crippen MR) is 87.4 cm³/mol. The lowest BCUT2D eigenvalue weighted by Crippen LogP contribution is -2.44. The van der Waals surface area contributed by atoms with Crippen LogP contribution in [-0.2, 0) is 14.4 Å². The smallest absolute Gasteiger partial charge is 0.238 e. The van der Waals surface area contributed by atoms with Crippen LogP contribution >= 0.6 is 0 Å². The summed E-state index contributed by atoms with van der Waals surface area (Å²) in [6.07, 6.45) is 0.271. The van der Waals surface area contributed by atoms with Crippen molar-refractivity contribution < 1.29 is 18.8 Å². The quantitative estimate of drug-likeness (QED) is 0.753. The molecule has 0 unspecified atom stereocenters. The van der Waals surface area contributed by atoms with Gasteiger partial charge in [0, 0.05) is 12.3 Å². The number of hydrogen-bond donors (Lipinski definition) is 0. The Kier molecular flexibility index (Phi) is 2.82. The van der Waals surface area contributed by atoms with Crippen LogP contribution in [-0.4, -0.2) is 17.6 Å². The zero-order chi connectivity index (χ0) is 17.3. The number of carbonyl (C=O) groups excluding carboxylic acids is 3. The second-order valence-corrected chi connectivity index (χ2v) is 6.90. The van der Waals surface area contributed by atoms with E-state index in [9.17, 15) is 18.8 Å². The first-order valence-electron chi connectivity index (χ1n) is 8.33. The zero-order valence-electron chi connectivity index (χ0n) is 13.2. The fraction of sp³-hybridized carbons (Fsp3) is 0.250. The van der Waals surface area contributed by atoms with Gasteiger partial charge in [-0.1, -0.05) is 36.4 Å². The summed E-state index contributed by atoms with van der Waals surface area (Å²) >= 11 is 0. The minimum atomic E-state index is -0.715. The highest BCUT2D eigenvalue weighted by Crippen LogP contribution is 2.57. The van der Waals surface area contributed by atoms with E-state index in [0.717, 1.165) is 16.0 Å². The van der Waals surface area contributed by atoms with Gasteiger partial charge in [-0.2, -0.15) is 0 Å². The molecule has 2 aromatic rings. The molecule has 124 valence electrons. The van der Waals surface area contributed by atoms with E-state index in [-0.39, 0.29) is 23.8 Å². The maximum absolute atomic E-state index is 14.2. The van der Waals surface area contributed by atoms with Crippen molar-refractivity contribution in [1.29, 1.82) is 0 Å². The first-order valence-corrected chi connectivity index (χ1v) is 8.33. The van der Waals surface area contributed by atoms with E-state index in [1.54, 1.807) is 6.07 Å². The Morgan fingerprint density at radius 1 is 0.840 bits per heavy atom. The van der Waals surface area contributed by atoms with Gasteiger partial charge in [-0.25, -0.2) is 9.29 Å². The largest absolute Gasteiger partial charge is 0.299 e. The van der Waals surface area contributed by atoms with Crippen LogP contribution in [0.1, 0.15) is 29.4 Å². The van der Waals surface area contributed by atoms with Crippen molar-refractivity contribution in [2.45, 2.75) is 18.3 Å². The molecule has 0 aromatic heterocycles. The third-order valence-electron chi connectivity index (χ3n) is 5.78. The van der Waals surface area contributed by atoms with Crippen molar-refractivity contribution in [2.75, 3.05) is 4.90 Å². The highest BCUT2D eigenvalue weighted by atomic mass is 19.1. The fourth-order valence-electron chi connectivity index (χ4n) is 4.83. The molecule has 0 spiro atoms. The van der Waals surface area contributed by atoms with E-state index in [1.807, 2.05) is 24.3 Å². The van der Waals surface area contributed by atoms with Crippen molar-refractivity contribution in [2.24, 2.45) is 11.8 Å². The second kappa shape index (κ2) is 4.85. The van der Waals surface area contributed by atoms with Gasteiger partial charge in [-0.15, -0.1) is 0 Å². The number of imide groups is 1. The predicted octanol–water partition coefficient (Wildman–Crippen LogP) is 2.79. The van der Waals surface area contributed by atoms with Gasteiger partial charge in [0.1, 0.15) is 11.6 Å². The summed E-state index contributed by atoms with van der Waals surface area (Å²) in [6.45, 7) is 0. The second-order valence-electron chi connectivity index (χ2n) is 6.90. The van der Waals surface area contributed by atoms with Gasteiger partial charge in [0.05, 0.1) is 23.4 Å². The molecule has 4 atom stereocenters. The Hall–Kier alpha value is -2.82. The summed E-state index contributed by atoms with van der Waals surface area (Å²) < 4.78 is 14.2. The first kappa shape index (κ1) is 14.5. The maximum Gasteiger partial charge on any atom is 0.238 e. The standard InChI is InChI=1S/C20H14FNO3/c21-13-7-3-4-8-14(13)22-19(24)17-12-9-15(23)16(18(17)20(22)25)11-6-2-1-5-10(11)12/h1-8,12,16-18H,9H2/t12-,16-,17+,18+/m0/s1. The topological polar surface area (TPSA) is 54.5 Å². The molecule has 2 fully saturated rings. The molecule has 2 aromatic carbocycles. The monoisotopic (exact) mass is 335 g/mol. The Bertz CT molecular complexity index is 953. The van der Waals surface area contributed by atoms with Crippen molar-refractivity contribution in [1.82, 2.24) is 0 Å². The van der Waals surface area contributed by atoms with Crippen molar-refractivity contribution in [3.63, 3.8) is 0 Å². The highest BCUT2D eigenvalue weighted by Gasteiger charge is 2.62. The summed E-state index contributed by atoms with van der Waals surface area (Å²) in [5.74, 6) is -3.65. The number of amides is 2. The number of carbonyl (C=O) groups is 3. The van der Waals surface area contributed by atoms with Crippen LogP contribution in [0.4, 0.5) is 10.1 Å². The maximum atomic E-state index is 14.2. The molecule has 2 amide bonds. The molecule has 4 nitrogen and oxygen atoms in total. The Balaban J connectivity index is 1.68. The van der Waals surface area contributed by atoms with Crippen LogP contribution in [0.25, 0.3) is 0 Å². The fourth-order valence-corrected chi connectivity index (χ4v) is 4.83. The number of para-hydroxylation sites is 1. The Morgan fingerprint density at radius 3 is 2.24 bits per heavy atom. The lowest BCUT2D eigenvalue weighted by atomic mass is 9.56. The van der Waals surface area contributed by atoms with Crippen LogP contribution in [0.3, 0.4) is 0 Å². The van der Waals surface area contributed by atoms with Crippen molar-refractivity contribution >= 4 is 23.3 Å². The van der Waals surface area contributed by atoms with E-state index >= 15 is 0 Å². The van der Waals surface area contributed by atoms with Gasteiger partial charge < -0.3 is 0 Å². The first-order chi connectivity index (χ1) is 12.1. The number of ketones is 1. The average molecular weight is 335 g/mol. The molecule has 4 aliphatic rings. The molecule has 2 bridgehead atoms. The molecule has 1 heterocycles. The average Bonchev–Trinajstić information content (AvgIpc) is 2.88. The van der Waals surface area contributed by atoms with Gasteiger partial charge in [-0.3, -0.25) is 14.4 Å². The van der Waals surface area contributed by atoms with E-state index in [0.29, 0.717) is 0 Å². The number of anilines is 1. The molecule has 5 heteroatoms. The van der Waals surface area contributed by atoms with E-state index < -0.39 is 35.4 Å². The SMILES string of the molecule is O=C1C[C@H]2c3ccccc3[C@@H]1[C@H]1C(=O)N(c3ccccc3F)C(=O)[C@@H]12. The Morgan fingerprint density at radius 2 is 1.48 bits per heavy atom. The van der Waals surface area contributed by atoms with Crippen molar-refractivity contribution in [3.8, 4) is 0 Å². The molecular weight excluding hydrogens is 321 g/mol. The number of benzene rings is 2. The number of nitrogens with zero attached hydrogens (tertiary/aromatic N) is 1. The van der Waals surface area contributed by atoms with Gasteiger partial charge in [0.15, 0.2) is 0 Å². The summed E-state index contributed by atoms with van der Waals surface area (Å²) in [5.41, 5.74) is 1.80. The molecule has 1 saturated carbocycles. The van der Waals surface area contributed by atoms with E-state index in [4.69, 9.17) is 0 Å². The molecular formula is C20H14FNO3. The lowest BCUT2D eigenvalue weighted by molar-refractivity contribution is -0.134. The third kappa shape index (κ3) is 1.73. The zero-order valence-corrected chi connectivity index (χ0v) is 13.2. The van der Waals surface area contributed by atoms with Crippen LogP contribution in [0.5, 0.6) is 0 Å². The number of halogens is 1. The summed E-state index contributed by atoms with van der Waals surface area (Å²) in [7, 11) is 0. The van der Waals surface area contributed by atoms with Gasteiger partial charge in [0.2, 0.25) is 11.8 Å². The van der Waals surface area contributed by atoms with Crippen LogP contribution in [0.15, 0.2) is 48.5 Å². The Labute approximate surface area is 143 Å². The number of hydrogen-bond acceptors (Lipinski definition) is 3. The molecule has 6 rings (SSSR count). The molecule has 0 radical (unpaired) electrons. The van der Waals surface area contributed by atoms with E-state index in [2.05, 4.69) is 0 Å². The number of Topliss-reactive ketones (excluding diaryl/α,β-unsaturated/α-hetero) is 1. The van der Waals surface area contributed by atoms with Crippen LogP contribution in [0, 0.1) is 17.7 Å². The van der Waals surface area contributed by atoms with E-state index in [1.165, 1.54) is 18.2 Å². The lowest BCUT2D eigenvalue weighted by Gasteiger charge is -2.43. The van der Waals surface area contributed by atoms with Crippen molar-refractivity contribution in [3.05, 3.63) is 65.5 Å².